The van der Waals surface area contributed by atoms with Gasteiger partial charge < -0.3 is 10.3 Å². The number of benzene rings is 3. The molecule has 1 aliphatic rings. The van der Waals surface area contributed by atoms with Crippen molar-refractivity contribution in [3.63, 3.8) is 0 Å². The van der Waals surface area contributed by atoms with E-state index in [0.717, 1.165) is 33.3 Å². The van der Waals surface area contributed by atoms with Crippen LogP contribution < -0.4 is 5.32 Å². The monoisotopic (exact) mass is 324 g/mol. The van der Waals surface area contributed by atoms with Crippen molar-refractivity contribution in [3.8, 4) is 0 Å². The van der Waals surface area contributed by atoms with E-state index in [0.29, 0.717) is 0 Å². The molecule has 2 N–H and O–H groups in total. The standard InChI is InChI=1S/C22H16N2O/c25-21-22(15-8-2-1-3-9-15,17-11-5-7-13-20(17)24-21)18-14-23-19-12-6-4-10-16(18)19/h1-14,23H,(H,24,25). The van der Waals surface area contributed by atoms with Crippen LogP contribution in [0.5, 0.6) is 0 Å². The third-order valence-corrected chi connectivity index (χ3v) is 5.12. The summed E-state index contributed by atoms with van der Waals surface area (Å²) in [4.78, 5) is 16.7. The third-order valence-electron chi connectivity index (χ3n) is 5.12. The minimum absolute atomic E-state index is 0.00958. The highest BCUT2D eigenvalue weighted by atomic mass is 16.2. The lowest BCUT2D eigenvalue weighted by molar-refractivity contribution is -0.118. The van der Waals surface area contributed by atoms with Gasteiger partial charge in [0.1, 0.15) is 5.41 Å². The summed E-state index contributed by atoms with van der Waals surface area (Å²) in [7, 11) is 0. The number of aromatic amines is 1. The van der Waals surface area contributed by atoms with Crippen molar-refractivity contribution in [2.75, 3.05) is 5.32 Å². The number of H-pyrrole nitrogens is 1. The molecule has 4 aromatic rings. The van der Waals surface area contributed by atoms with Gasteiger partial charge in [0, 0.05) is 33.9 Å². The van der Waals surface area contributed by atoms with Crippen LogP contribution in [-0.2, 0) is 10.2 Å². The van der Waals surface area contributed by atoms with Gasteiger partial charge in [-0.05, 0) is 17.7 Å². The highest BCUT2D eigenvalue weighted by Crippen LogP contribution is 2.49. The first-order valence-electron chi connectivity index (χ1n) is 8.35. The lowest BCUT2D eigenvalue weighted by atomic mass is 9.70. The van der Waals surface area contributed by atoms with Crippen LogP contribution in [0.4, 0.5) is 5.69 Å². The number of carbonyl (C=O) groups is 1. The van der Waals surface area contributed by atoms with Gasteiger partial charge in [-0.1, -0.05) is 66.7 Å². The summed E-state index contributed by atoms with van der Waals surface area (Å²) in [6.45, 7) is 0. The van der Waals surface area contributed by atoms with Crippen LogP contribution in [0.15, 0.2) is 85.1 Å². The molecule has 2 heterocycles. The van der Waals surface area contributed by atoms with Gasteiger partial charge in [0.05, 0.1) is 0 Å². The number of aromatic nitrogens is 1. The summed E-state index contributed by atoms with van der Waals surface area (Å²) in [5.74, 6) is -0.00958. The largest absolute Gasteiger partial charge is 0.361 e. The van der Waals surface area contributed by atoms with Crippen LogP contribution in [-0.4, -0.2) is 10.9 Å². The smallest absolute Gasteiger partial charge is 0.244 e. The van der Waals surface area contributed by atoms with Crippen LogP contribution in [0.2, 0.25) is 0 Å². The van der Waals surface area contributed by atoms with Crippen molar-refractivity contribution in [1.82, 2.24) is 4.98 Å². The van der Waals surface area contributed by atoms with E-state index in [9.17, 15) is 4.79 Å². The van der Waals surface area contributed by atoms with Gasteiger partial charge in [-0.3, -0.25) is 4.79 Å². The van der Waals surface area contributed by atoms with Gasteiger partial charge in [-0.25, -0.2) is 0 Å². The first kappa shape index (κ1) is 14.1. The first-order valence-corrected chi connectivity index (χ1v) is 8.35. The normalized spacial score (nSPS) is 19.0. The van der Waals surface area contributed by atoms with E-state index >= 15 is 0 Å². The molecule has 0 bridgehead atoms. The summed E-state index contributed by atoms with van der Waals surface area (Å²) >= 11 is 0. The Morgan fingerprint density at radius 3 is 2.32 bits per heavy atom. The lowest BCUT2D eigenvalue weighted by Gasteiger charge is -2.28. The molecule has 1 aromatic heterocycles. The Morgan fingerprint density at radius 2 is 1.44 bits per heavy atom. The predicted molar refractivity (Wildman–Crippen MR) is 99.7 cm³/mol. The number of hydrogen-bond donors (Lipinski definition) is 2. The maximum atomic E-state index is 13.4. The highest BCUT2D eigenvalue weighted by Gasteiger charge is 2.50. The number of amides is 1. The molecule has 3 aromatic carbocycles. The minimum atomic E-state index is -0.850. The fourth-order valence-electron chi connectivity index (χ4n) is 4.04. The van der Waals surface area contributed by atoms with E-state index < -0.39 is 5.41 Å². The van der Waals surface area contributed by atoms with Crippen molar-refractivity contribution in [3.05, 3.63) is 102 Å². The Labute approximate surface area is 145 Å². The van der Waals surface area contributed by atoms with Gasteiger partial charge in [-0.15, -0.1) is 0 Å². The van der Waals surface area contributed by atoms with Crippen molar-refractivity contribution in [2.45, 2.75) is 5.41 Å². The number of carbonyl (C=O) groups excluding carboxylic acids is 1. The van der Waals surface area contributed by atoms with E-state index in [4.69, 9.17) is 0 Å². The number of para-hydroxylation sites is 2. The average molecular weight is 324 g/mol. The second-order valence-electron chi connectivity index (χ2n) is 6.36. The molecule has 120 valence electrons. The summed E-state index contributed by atoms with van der Waals surface area (Å²) in [5.41, 5.74) is 4.01. The Morgan fingerprint density at radius 1 is 0.720 bits per heavy atom. The molecule has 0 saturated heterocycles. The Kier molecular flexibility index (Phi) is 2.86. The summed E-state index contributed by atoms with van der Waals surface area (Å²) in [6.07, 6.45) is 1.97. The molecule has 5 rings (SSSR count). The van der Waals surface area contributed by atoms with E-state index in [2.05, 4.69) is 16.4 Å². The average Bonchev–Trinajstić information content (AvgIpc) is 3.21. The van der Waals surface area contributed by atoms with E-state index in [-0.39, 0.29) is 5.91 Å². The van der Waals surface area contributed by atoms with E-state index in [1.54, 1.807) is 0 Å². The molecule has 1 atom stereocenters. The molecule has 0 saturated carbocycles. The Hall–Kier alpha value is -3.33. The van der Waals surface area contributed by atoms with Crippen LogP contribution >= 0.6 is 0 Å². The van der Waals surface area contributed by atoms with Crippen LogP contribution in [0.1, 0.15) is 16.7 Å². The van der Waals surface area contributed by atoms with Crippen molar-refractivity contribution in [1.29, 1.82) is 0 Å². The van der Waals surface area contributed by atoms with E-state index in [1.165, 1.54) is 0 Å². The number of hydrogen-bond acceptors (Lipinski definition) is 1. The lowest BCUT2D eigenvalue weighted by Crippen LogP contribution is -2.36. The number of fused-ring (bicyclic) bond motifs is 2. The zero-order valence-electron chi connectivity index (χ0n) is 13.5. The van der Waals surface area contributed by atoms with Crippen molar-refractivity contribution >= 4 is 22.5 Å². The number of rotatable bonds is 2. The van der Waals surface area contributed by atoms with Gasteiger partial charge in [0.2, 0.25) is 5.91 Å². The molecule has 1 amide bonds. The predicted octanol–water partition coefficient (Wildman–Crippen LogP) is 4.45. The van der Waals surface area contributed by atoms with Crippen molar-refractivity contribution in [2.24, 2.45) is 0 Å². The molecule has 0 aliphatic carbocycles. The van der Waals surface area contributed by atoms with Crippen molar-refractivity contribution < 1.29 is 4.79 Å². The second kappa shape index (κ2) is 5.08. The fourth-order valence-corrected chi connectivity index (χ4v) is 4.04. The highest BCUT2D eigenvalue weighted by molar-refractivity contribution is 6.13. The van der Waals surface area contributed by atoms with Crippen LogP contribution in [0.3, 0.4) is 0 Å². The Balaban J connectivity index is 1.93. The van der Waals surface area contributed by atoms with Gasteiger partial charge >= 0.3 is 0 Å². The minimum Gasteiger partial charge on any atom is -0.361 e. The topological polar surface area (TPSA) is 44.9 Å². The maximum absolute atomic E-state index is 13.4. The van der Waals surface area contributed by atoms with Gasteiger partial charge in [-0.2, -0.15) is 0 Å². The van der Waals surface area contributed by atoms with Crippen LogP contribution in [0.25, 0.3) is 10.9 Å². The molecule has 25 heavy (non-hydrogen) atoms. The summed E-state index contributed by atoms with van der Waals surface area (Å²) < 4.78 is 0. The fraction of sp³-hybridized carbons (Fsp3) is 0.0455. The first-order chi connectivity index (χ1) is 12.3. The molecular formula is C22H16N2O. The molecule has 1 aliphatic heterocycles. The maximum Gasteiger partial charge on any atom is 0.244 e. The molecule has 3 nitrogen and oxygen atoms in total. The van der Waals surface area contributed by atoms with Gasteiger partial charge in [0.15, 0.2) is 0 Å². The van der Waals surface area contributed by atoms with Crippen LogP contribution in [0, 0.1) is 0 Å². The molecule has 0 radical (unpaired) electrons. The molecule has 0 spiro atoms. The molecule has 1 unspecified atom stereocenters. The Bertz CT molecular complexity index is 1100. The molecule has 0 fully saturated rings. The molecular weight excluding hydrogens is 308 g/mol. The third kappa shape index (κ3) is 1.78. The van der Waals surface area contributed by atoms with Gasteiger partial charge in [0.25, 0.3) is 0 Å². The number of nitrogens with one attached hydrogen (secondary N) is 2. The quantitative estimate of drug-likeness (QED) is 0.562. The SMILES string of the molecule is O=C1Nc2ccccc2C1(c1ccccc1)c1c[nH]c2ccccc12. The molecule has 3 heteroatoms. The number of anilines is 1. The zero-order chi connectivity index (χ0) is 16.9. The second-order valence-corrected chi connectivity index (χ2v) is 6.36. The summed E-state index contributed by atoms with van der Waals surface area (Å²) in [5, 5.41) is 4.15. The summed E-state index contributed by atoms with van der Waals surface area (Å²) in [6, 6.07) is 26.1. The zero-order valence-corrected chi connectivity index (χ0v) is 13.5. The van der Waals surface area contributed by atoms with E-state index in [1.807, 2.05) is 79.0 Å².